The molecular weight excluding hydrogens is 410 g/mol. The number of rotatable bonds is 2. The molecule has 1 amide bonds. The molecule has 0 saturated heterocycles. The highest BCUT2D eigenvalue weighted by atomic mass is 79.9. The van der Waals surface area contributed by atoms with Crippen LogP contribution in [0.1, 0.15) is 29.2 Å². The Hall–Kier alpha value is -3.07. The van der Waals surface area contributed by atoms with Gasteiger partial charge in [-0.2, -0.15) is 9.78 Å². The second kappa shape index (κ2) is 5.98. The maximum Gasteiger partial charge on any atom is 0.226 e. The topological polar surface area (TPSA) is 101 Å². The van der Waals surface area contributed by atoms with E-state index in [2.05, 4.69) is 46.3 Å². The van der Waals surface area contributed by atoms with Crippen molar-refractivity contribution in [2.75, 3.05) is 5.32 Å². The fourth-order valence-corrected chi connectivity index (χ4v) is 4.20. The van der Waals surface area contributed by atoms with E-state index in [4.69, 9.17) is 0 Å². The van der Waals surface area contributed by atoms with Crippen molar-refractivity contribution in [3.8, 4) is 5.82 Å². The summed E-state index contributed by atoms with van der Waals surface area (Å²) >= 11 is 3.61. The zero-order valence-corrected chi connectivity index (χ0v) is 15.9. The Morgan fingerprint density at radius 2 is 2.07 bits per heavy atom. The number of carbonyl (C=O) groups is 1. The van der Waals surface area contributed by atoms with Gasteiger partial charge >= 0.3 is 0 Å². The Balaban J connectivity index is 1.75. The predicted octanol–water partition coefficient (Wildman–Crippen LogP) is 3.08. The van der Waals surface area contributed by atoms with E-state index in [1.165, 1.54) is 6.33 Å². The molecule has 0 fully saturated rings. The molecule has 0 spiro atoms. The molecule has 1 aliphatic rings. The molecule has 27 heavy (non-hydrogen) atoms. The van der Waals surface area contributed by atoms with Gasteiger partial charge in [0.25, 0.3) is 0 Å². The molecule has 4 heterocycles. The fraction of sp³-hybridized carbons (Fsp3) is 0.167. The zero-order valence-electron chi connectivity index (χ0n) is 14.3. The van der Waals surface area contributed by atoms with Crippen molar-refractivity contribution in [1.82, 2.24) is 29.7 Å². The van der Waals surface area contributed by atoms with Gasteiger partial charge in [-0.1, -0.05) is 34.1 Å². The molecule has 0 aliphatic carbocycles. The summed E-state index contributed by atoms with van der Waals surface area (Å²) in [6.45, 7) is 1.95. The van der Waals surface area contributed by atoms with Crippen LogP contribution in [0.5, 0.6) is 0 Å². The second-order valence-corrected chi connectivity index (χ2v) is 7.24. The van der Waals surface area contributed by atoms with Crippen LogP contribution in [-0.4, -0.2) is 35.6 Å². The summed E-state index contributed by atoms with van der Waals surface area (Å²) in [5.74, 6) is 1.05. The number of hydrogen-bond acceptors (Lipinski definition) is 5. The van der Waals surface area contributed by atoms with E-state index in [9.17, 15) is 4.79 Å². The smallest absolute Gasteiger partial charge is 0.226 e. The average Bonchev–Trinajstić information content (AvgIpc) is 3.26. The second-order valence-electron chi connectivity index (χ2n) is 6.38. The number of anilines is 1. The van der Waals surface area contributed by atoms with Crippen molar-refractivity contribution in [3.05, 3.63) is 58.2 Å². The maximum atomic E-state index is 12.5. The SMILES string of the molecule is Cc1nn(-c2ncnc3nc[nH]c23)c2c1[C@H](c1ccccc1Br)CC(=O)N2. The Kier molecular flexibility index (Phi) is 3.57. The number of halogens is 1. The lowest BCUT2D eigenvalue weighted by molar-refractivity contribution is -0.116. The molecule has 1 aliphatic heterocycles. The lowest BCUT2D eigenvalue weighted by Crippen LogP contribution is -2.25. The van der Waals surface area contributed by atoms with Crippen molar-refractivity contribution in [1.29, 1.82) is 0 Å². The van der Waals surface area contributed by atoms with Gasteiger partial charge in [0.05, 0.1) is 12.0 Å². The number of aromatic amines is 1. The zero-order chi connectivity index (χ0) is 18.5. The van der Waals surface area contributed by atoms with Crippen molar-refractivity contribution >= 4 is 38.8 Å². The molecule has 5 rings (SSSR count). The lowest BCUT2D eigenvalue weighted by atomic mass is 9.86. The first-order chi connectivity index (χ1) is 13.1. The lowest BCUT2D eigenvalue weighted by Gasteiger charge is -2.25. The fourth-order valence-electron chi connectivity index (χ4n) is 3.64. The van der Waals surface area contributed by atoms with Crippen molar-refractivity contribution < 1.29 is 4.79 Å². The Morgan fingerprint density at radius 1 is 1.22 bits per heavy atom. The van der Waals surface area contributed by atoms with Gasteiger partial charge in [-0.3, -0.25) is 4.79 Å². The van der Waals surface area contributed by atoms with Crippen molar-refractivity contribution in [2.45, 2.75) is 19.3 Å². The summed E-state index contributed by atoms with van der Waals surface area (Å²) in [4.78, 5) is 28.2. The number of H-pyrrole nitrogens is 1. The molecule has 8 nitrogen and oxygen atoms in total. The average molecular weight is 424 g/mol. The van der Waals surface area contributed by atoms with Crippen LogP contribution in [0.2, 0.25) is 0 Å². The van der Waals surface area contributed by atoms with Crippen LogP contribution in [0.4, 0.5) is 5.82 Å². The van der Waals surface area contributed by atoms with Gasteiger partial charge in [0.15, 0.2) is 11.5 Å². The predicted molar refractivity (Wildman–Crippen MR) is 103 cm³/mol. The maximum absolute atomic E-state index is 12.5. The summed E-state index contributed by atoms with van der Waals surface area (Å²) in [6.07, 6.45) is 3.37. The van der Waals surface area contributed by atoms with Crippen molar-refractivity contribution in [3.63, 3.8) is 0 Å². The molecule has 4 aromatic rings. The van der Waals surface area contributed by atoms with Crippen LogP contribution in [-0.2, 0) is 4.79 Å². The number of hydrogen-bond donors (Lipinski definition) is 2. The Labute approximate surface area is 162 Å². The Morgan fingerprint density at radius 3 is 2.93 bits per heavy atom. The van der Waals surface area contributed by atoms with E-state index in [1.807, 2.05) is 31.2 Å². The van der Waals surface area contributed by atoms with Gasteiger partial charge < -0.3 is 10.3 Å². The largest absolute Gasteiger partial charge is 0.340 e. The molecule has 0 bridgehead atoms. The van der Waals surface area contributed by atoms with Gasteiger partial charge in [-0.05, 0) is 18.6 Å². The van der Waals surface area contributed by atoms with Crippen LogP contribution in [0.15, 0.2) is 41.4 Å². The molecule has 1 atom stereocenters. The van der Waals surface area contributed by atoms with E-state index in [1.54, 1.807) is 11.0 Å². The summed E-state index contributed by atoms with van der Waals surface area (Å²) in [7, 11) is 0. The molecule has 9 heteroatoms. The summed E-state index contributed by atoms with van der Waals surface area (Å²) in [5.41, 5.74) is 4.11. The molecule has 3 aromatic heterocycles. The van der Waals surface area contributed by atoms with E-state index >= 15 is 0 Å². The third-order valence-corrected chi connectivity index (χ3v) is 5.51. The first kappa shape index (κ1) is 16.1. The van der Waals surface area contributed by atoms with Gasteiger partial charge in [-0.15, -0.1) is 0 Å². The van der Waals surface area contributed by atoms with Crippen LogP contribution < -0.4 is 5.32 Å². The normalized spacial score (nSPS) is 16.4. The minimum atomic E-state index is -0.0860. The third kappa shape index (κ3) is 2.46. The summed E-state index contributed by atoms with van der Waals surface area (Å²) in [5, 5.41) is 7.66. The number of amides is 1. The number of nitrogens with zero attached hydrogens (tertiary/aromatic N) is 5. The van der Waals surface area contributed by atoms with E-state index in [0.29, 0.717) is 29.2 Å². The van der Waals surface area contributed by atoms with Crippen LogP contribution >= 0.6 is 15.9 Å². The molecule has 134 valence electrons. The standard InChI is InChI=1S/C18H14BrN7O/c1-9-14-11(10-4-2-3-5-12(10)19)6-13(27)24-17(14)26(25-9)18-15-16(21-7-20-15)22-8-23-18/h2-5,7-8,11H,6H2,1H3,(H,24,27)(H,20,21,22,23)/t11-/m0/s1. The minimum absolute atomic E-state index is 0.0562. The van der Waals surface area contributed by atoms with Crippen LogP contribution in [0.3, 0.4) is 0 Å². The third-order valence-electron chi connectivity index (χ3n) is 4.79. The summed E-state index contributed by atoms with van der Waals surface area (Å²) in [6, 6.07) is 7.96. The van der Waals surface area contributed by atoms with E-state index in [-0.39, 0.29) is 11.8 Å². The number of aryl methyl sites for hydroxylation is 1. The molecular formula is C18H14BrN7O. The molecule has 0 unspecified atom stereocenters. The molecule has 2 N–H and O–H groups in total. The molecule has 0 radical (unpaired) electrons. The number of benzene rings is 1. The molecule has 1 aromatic carbocycles. The van der Waals surface area contributed by atoms with E-state index in [0.717, 1.165) is 21.3 Å². The van der Waals surface area contributed by atoms with Gasteiger partial charge in [0.1, 0.15) is 17.7 Å². The van der Waals surface area contributed by atoms with E-state index < -0.39 is 0 Å². The highest BCUT2D eigenvalue weighted by Gasteiger charge is 2.34. The highest BCUT2D eigenvalue weighted by Crippen LogP contribution is 2.42. The minimum Gasteiger partial charge on any atom is -0.340 e. The van der Waals surface area contributed by atoms with Gasteiger partial charge in [-0.25, -0.2) is 15.0 Å². The van der Waals surface area contributed by atoms with Crippen LogP contribution in [0.25, 0.3) is 17.0 Å². The number of nitrogens with one attached hydrogen (secondary N) is 2. The number of carbonyl (C=O) groups excluding carboxylic acids is 1. The monoisotopic (exact) mass is 423 g/mol. The molecule has 0 saturated carbocycles. The quantitative estimate of drug-likeness (QED) is 0.515. The van der Waals surface area contributed by atoms with Gasteiger partial charge in [0.2, 0.25) is 5.91 Å². The Bertz CT molecular complexity index is 1200. The summed E-state index contributed by atoms with van der Waals surface area (Å²) < 4.78 is 2.63. The highest BCUT2D eigenvalue weighted by molar-refractivity contribution is 9.10. The van der Waals surface area contributed by atoms with Crippen molar-refractivity contribution in [2.24, 2.45) is 0 Å². The first-order valence-electron chi connectivity index (χ1n) is 8.41. The van der Waals surface area contributed by atoms with Crippen LogP contribution in [0, 0.1) is 6.92 Å². The number of fused-ring (bicyclic) bond motifs is 2. The number of aromatic nitrogens is 6. The first-order valence-corrected chi connectivity index (χ1v) is 9.21. The number of imidazole rings is 1. The van der Waals surface area contributed by atoms with Gasteiger partial charge in [0, 0.05) is 22.4 Å².